The number of carbonyl (C=O) groups is 1. The summed E-state index contributed by atoms with van der Waals surface area (Å²) in [5, 5.41) is 13.5. The Morgan fingerprint density at radius 2 is 1.79 bits per heavy atom. The number of nitrogens with one attached hydrogen (secondary N) is 2. The van der Waals surface area contributed by atoms with E-state index in [0.29, 0.717) is 57.8 Å². The highest BCUT2D eigenvalue weighted by atomic mass is 35.5. The molecule has 2 saturated carbocycles. The average molecular weight is 984 g/mol. The number of rotatable bonds is 11. The lowest BCUT2D eigenvalue weighted by atomic mass is 9.59. The van der Waals surface area contributed by atoms with Crippen molar-refractivity contribution in [1.29, 1.82) is 0 Å². The Morgan fingerprint density at radius 3 is 2.54 bits per heavy atom. The molecule has 5 aliphatic rings. The van der Waals surface area contributed by atoms with Gasteiger partial charge >= 0.3 is 0 Å². The number of pyridine rings is 1. The number of morpholine rings is 1. The first-order valence-electron chi connectivity index (χ1n) is 23.9. The van der Waals surface area contributed by atoms with Gasteiger partial charge in [-0.3, -0.25) is 19.8 Å². The zero-order chi connectivity index (χ0) is 47.5. The van der Waals surface area contributed by atoms with Crippen molar-refractivity contribution in [3.05, 3.63) is 105 Å². The number of hydrogen-bond donors (Lipinski definition) is 2. The highest BCUT2D eigenvalue weighted by molar-refractivity contribution is 8.00. The summed E-state index contributed by atoms with van der Waals surface area (Å²) in [4.78, 5) is 38.3. The molecule has 2 saturated heterocycles. The van der Waals surface area contributed by atoms with E-state index >= 15 is 0 Å². The number of aromatic amines is 1. The van der Waals surface area contributed by atoms with E-state index in [-0.39, 0.29) is 44.9 Å². The Morgan fingerprint density at radius 1 is 1.03 bits per heavy atom. The average Bonchev–Trinajstić information content (AvgIpc) is 3.69. The first-order chi connectivity index (χ1) is 32.6. The fourth-order valence-corrected chi connectivity index (χ4v) is 13.9. The minimum absolute atomic E-state index is 0.00804. The van der Waals surface area contributed by atoms with E-state index in [1.54, 1.807) is 24.4 Å². The van der Waals surface area contributed by atoms with Crippen LogP contribution in [0.15, 0.2) is 82.8 Å². The molecule has 5 heterocycles. The van der Waals surface area contributed by atoms with E-state index in [0.717, 1.165) is 89.4 Å². The van der Waals surface area contributed by atoms with Crippen LogP contribution in [0.3, 0.4) is 0 Å². The van der Waals surface area contributed by atoms with E-state index in [2.05, 4.69) is 76.5 Å². The van der Waals surface area contributed by atoms with Crippen molar-refractivity contribution < 1.29 is 32.3 Å². The number of ether oxygens (including phenoxy) is 3. The van der Waals surface area contributed by atoms with Crippen LogP contribution in [-0.2, 0) is 14.8 Å². The predicted molar refractivity (Wildman–Crippen MR) is 264 cm³/mol. The van der Waals surface area contributed by atoms with Gasteiger partial charge in [0.25, 0.3) is 21.6 Å². The van der Waals surface area contributed by atoms with E-state index in [1.807, 2.05) is 6.07 Å². The molecule has 2 aromatic heterocycles. The molecule has 1 unspecified atom stereocenters. The van der Waals surface area contributed by atoms with Crippen LogP contribution in [0.1, 0.15) is 113 Å². The summed E-state index contributed by atoms with van der Waals surface area (Å²) in [6, 6.07) is 18.6. The molecule has 14 nitrogen and oxygen atoms in total. The molecule has 17 heteroatoms. The summed E-state index contributed by atoms with van der Waals surface area (Å²) in [5.41, 5.74) is 4.23. The van der Waals surface area contributed by atoms with Crippen molar-refractivity contribution in [2.24, 2.45) is 16.7 Å². The molecule has 3 aromatic carbocycles. The second kappa shape index (κ2) is 18.5. The fourth-order valence-electron chi connectivity index (χ4n) is 11.3. The maximum atomic E-state index is 14.2. The van der Waals surface area contributed by atoms with Gasteiger partial charge in [-0.05, 0) is 103 Å². The van der Waals surface area contributed by atoms with Crippen LogP contribution < -0.4 is 19.1 Å². The summed E-state index contributed by atoms with van der Waals surface area (Å²) >= 11 is 7.82. The minimum atomic E-state index is -4.64. The lowest BCUT2D eigenvalue weighted by Crippen LogP contribution is -2.58. The third-order valence-corrected chi connectivity index (χ3v) is 18.5. The number of nitro groups is 1. The molecular formula is C51H59ClN6O8S2. The quantitative estimate of drug-likeness (QED) is 0.0950. The van der Waals surface area contributed by atoms with Crippen LogP contribution in [0.2, 0.25) is 5.02 Å². The number of amides is 1. The van der Waals surface area contributed by atoms with E-state index in [4.69, 9.17) is 25.8 Å². The Bertz CT molecular complexity index is 2850. The van der Waals surface area contributed by atoms with Gasteiger partial charge in [0.05, 0.1) is 45.9 Å². The highest BCUT2D eigenvalue weighted by Crippen LogP contribution is 2.54. The van der Waals surface area contributed by atoms with Crippen LogP contribution in [0, 0.1) is 26.9 Å². The first-order valence-corrected chi connectivity index (χ1v) is 26.6. The number of halogens is 1. The van der Waals surface area contributed by atoms with Gasteiger partial charge in [-0.25, -0.2) is 18.1 Å². The SMILES string of the molecule is CC(C)c1ccccc1[C@@H]1COCCN1C1CC2(CCN(c3ccc(C(=O)NS(=O)(=O)c4cc5c(c([N+](=O)[O-])c4)SC(C4CCC(C)(C)CC4)CO5)c(Oc4cnc5[nH]cc(Cl)c5c4)c3)CC2)C1. The molecule has 1 amide bonds. The van der Waals surface area contributed by atoms with Crippen molar-refractivity contribution in [3.63, 3.8) is 0 Å². The minimum Gasteiger partial charge on any atom is -0.491 e. The molecule has 5 aromatic rings. The highest BCUT2D eigenvalue weighted by Gasteiger charge is 2.50. The van der Waals surface area contributed by atoms with Crippen molar-refractivity contribution in [3.8, 4) is 17.2 Å². The number of aromatic nitrogens is 2. The molecule has 2 N–H and O–H groups in total. The maximum absolute atomic E-state index is 14.2. The number of fused-ring (bicyclic) bond motifs is 2. The van der Waals surface area contributed by atoms with Crippen molar-refractivity contribution in [1.82, 2.24) is 19.6 Å². The second-order valence-corrected chi connectivity index (χ2v) is 23.9. The Balaban J connectivity index is 0.864. The van der Waals surface area contributed by atoms with Gasteiger partial charge in [0.1, 0.15) is 34.4 Å². The molecular weight excluding hydrogens is 924 g/mol. The van der Waals surface area contributed by atoms with E-state index in [1.165, 1.54) is 35.2 Å². The number of nitro benzene ring substituents is 1. The molecule has 0 bridgehead atoms. The Kier molecular flexibility index (Phi) is 12.7. The van der Waals surface area contributed by atoms with Crippen molar-refractivity contribution in [2.45, 2.75) is 112 Å². The third-order valence-electron chi connectivity index (χ3n) is 15.4. The molecule has 0 radical (unpaired) electrons. The van der Waals surface area contributed by atoms with Crippen molar-refractivity contribution >= 4 is 61.7 Å². The second-order valence-electron chi connectivity index (χ2n) is 20.6. The van der Waals surface area contributed by atoms with Crippen molar-refractivity contribution in [2.75, 3.05) is 44.4 Å². The van der Waals surface area contributed by atoms with Gasteiger partial charge in [0.15, 0.2) is 0 Å². The predicted octanol–water partition coefficient (Wildman–Crippen LogP) is 11.1. The summed E-state index contributed by atoms with van der Waals surface area (Å²) < 4.78 is 48.8. The molecule has 3 aliphatic heterocycles. The maximum Gasteiger partial charge on any atom is 0.288 e. The standard InChI is InChI=1S/C51H59ClN6O8S2/c1-31(2)37-7-5-6-8-38(37)43-29-64-20-19-57(43)34-25-51(26-34)15-17-56(18-16-51)33-9-10-39(44(21-33)66-35-22-40-41(52)28-54-48(40)53-27-35)49(59)55-68(62,63)36-23-42(58(60)61)47-45(24-36)65-30-46(67-47)32-11-13-50(3,4)14-12-32/h5-10,21-24,27-28,31-32,34,43,46H,11-20,25-26,29-30H2,1-4H3,(H,53,54)(H,55,59)/t43-,46?/m0/s1. The Labute approximate surface area is 407 Å². The number of piperidine rings is 1. The molecule has 2 atom stereocenters. The summed E-state index contributed by atoms with van der Waals surface area (Å²) in [7, 11) is -4.64. The summed E-state index contributed by atoms with van der Waals surface area (Å²) in [6.45, 7) is 13.3. The van der Waals surface area contributed by atoms with Gasteiger partial charge in [-0.15, -0.1) is 11.8 Å². The fraction of sp³-hybridized carbons (Fsp3) is 0.490. The van der Waals surface area contributed by atoms with Crippen LogP contribution in [0.5, 0.6) is 17.2 Å². The largest absolute Gasteiger partial charge is 0.491 e. The van der Waals surface area contributed by atoms with Gasteiger partial charge in [-0.1, -0.05) is 63.6 Å². The van der Waals surface area contributed by atoms with Crippen LogP contribution in [0.4, 0.5) is 11.4 Å². The topological polar surface area (TPSA) is 169 Å². The van der Waals surface area contributed by atoms with Gasteiger partial charge in [-0.2, -0.15) is 0 Å². The number of carbonyl (C=O) groups excluding carboxylic acids is 1. The number of sulfonamides is 1. The molecule has 360 valence electrons. The Hall–Kier alpha value is -4.87. The summed E-state index contributed by atoms with van der Waals surface area (Å²) in [5.74, 6) is 0.313. The number of anilines is 1. The lowest BCUT2D eigenvalue weighted by molar-refractivity contribution is -0.388. The summed E-state index contributed by atoms with van der Waals surface area (Å²) in [6.07, 6.45) is 11.5. The van der Waals surface area contributed by atoms with Gasteiger partial charge < -0.3 is 24.1 Å². The number of nitrogens with zero attached hydrogens (tertiary/aromatic N) is 4. The zero-order valence-corrected chi connectivity index (χ0v) is 41.4. The van der Waals surface area contributed by atoms with Gasteiger partial charge in [0, 0.05) is 66.4 Å². The zero-order valence-electron chi connectivity index (χ0n) is 39.0. The normalized spacial score (nSPS) is 22.1. The van der Waals surface area contributed by atoms with Crippen LogP contribution >= 0.6 is 23.4 Å². The van der Waals surface area contributed by atoms with Crippen LogP contribution in [-0.4, -0.2) is 84.9 Å². The number of benzene rings is 3. The molecule has 2 aliphatic carbocycles. The van der Waals surface area contributed by atoms with E-state index < -0.39 is 25.7 Å². The molecule has 1 spiro atoms. The van der Waals surface area contributed by atoms with Gasteiger partial charge in [0.2, 0.25) is 0 Å². The lowest BCUT2D eigenvalue weighted by Gasteiger charge is -2.57. The van der Waals surface area contributed by atoms with Crippen LogP contribution in [0.25, 0.3) is 11.0 Å². The molecule has 10 rings (SSSR count). The number of thioether (sulfide) groups is 1. The number of H-pyrrole nitrogens is 1. The molecule has 4 fully saturated rings. The van der Waals surface area contributed by atoms with E-state index in [9.17, 15) is 23.3 Å². The molecule has 68 heavy (non-hydrogen) atoms. The first kappa shape index (κ1) is 46.8. The monoisotopic (exact) mass is 982 g/mol. The number of hydrogen-bond acceptors (Lipinski definition) is 12. The smallest absolute Gasteiger partial charge is 0.288 e. The third kappa shape index (κ3) is 9.30.